The first-order valence-electron chi connectivity index (χ1n) is 13.1. The van der Waals surface area contributed by atoms with Crippen molar-refractivity contribution in [2.75, 3.05) is 23.7 Å². The number of amides is 1. The number of carbonyl (C=O) groups excluding carboxylic acids is 1. The predicted molar refractivity (Wildman–Crippen MR) is 145 cm³/mol. The van der Waals surface area contributed by atoms with Gasteiger partial charge in [0.25, 0.3) is 5.91 Å². The first kappa shape index (κ1) is 23.6. The quantitative estimate of drug-likeness (QED) is 0.356. The van der Waals surface area contributed by atoms with Gasteiger partial charge in [0.1, 0.15) is 11.3 Å². The Bertz CT molecular complexity index is 1450. The van der Waals surface area contributed by atoms with E-state index in [9.17, 15) is 4.79 Å². The Hall–Kier alpha value is -3.78. The van der Waals surface area contributed by atoms with Crippen LogP contribution in [0.5, 0.6) is 0 Å². The molecule has 0 spiro atoms. The standard InChI is InChI=1S/C29H33N7O/c1-4-36-17-26-28(34-36)33-27(13-30-26)31-19(3)20-6-5-7-25(12-20)32-29(37)21-8-9-22(18(2)10-21)14-35-15-23-11-24(23)16-35/h5-10,12-13,17,19,23-24H,4,11,14-16H2,1-3H3,(H,32,37)(H,31,33,34)/t19-,23?,24?/m0/s1. The van der Waals surface area contributed by atoms with E-state index in [0.717, 1.165) is 41.7 Å². The number of hydrogen-bond donors (Lipinski definition) is 2. The van der Waals surface area contributed by atoms with E-state index >= 15 is 0 Å². The highest BCUT2D eigenvalue weighted by molar-refractivity contribution is 6.04. The molecule has 190 valence electrons. The van der Waals surface area contributed by atoms with Crippen LogP contribution < -0.4 is 10.6 Å². The van der Waals surface area contributed by atoms with Gasteiger partial charge in [-0.1, -0.05) is 18.2 Å². The third-order valence-corrected chi connectivity index (χ3v) is 7.66. The van der Waals surface area contributed by atoms with E-state index in [1.807, 2.05) is 54.2 Å². The SMILES string of the molecule is CCn1cc2ncc(N[C@@H](C)c3cccc(NC(=O)c4ccc(CN5CC6CC6C5)c(C)c4)c3)nc2n1. The molecule has 2 aliphatic rings. The van der Waals surface area contributed by atoms with E-state index in [1.165, 1.54) is 30.6 Å². The van der Waals surface area contributed by atoms with Gasteiger partial charge in [-0.3, -0.25) is 14.4 Å². The summed E-state index contributed by atoms with van der Waals surface area (Å²) in [6.45, 7) is 10.4. The third-order valence-electron chi connectivity index (χ3n) is 7.66. The lowest BCUT2D eigenvalue weighted by molar-refractivity contribution is 0.102. The second-order valence-electron chi connectivity index (χ2n) is 10.5. The van der Waals surface area contributed by atoms with Crippen LogP contribution in [-0.2, 0) is 13.1 Å². The zero-order chi connectivity index (χ0) is 25.5. The first-order chi connectivity index (χ1) is 17.9. The second-order valence-corrected chi connectivity index (χ2v) is 10.5. The zero-order valence-corrected chi connectivity index (χ0v) is 21.6. The fourth-order valence-electron chi connectivity index (χ4n) is 5.35. The third kappa shape index (κ3) is 5.06. The summed E-state index contributed by atoms with van der Waals surface area (Å²) in [7, 11) is 0. The van der Waals surface area contributed by atoms with Gasteiger partial charge in [0.2, 0.25) is 5.65 Å². The van der Waals surface area contributed by atoms with Gasteiger partial charge in [0.05, 0.1) is 18.4 Å². The van der Waals surface area contributed by atoms with Crippen LogP contribution in [-0.4, -0.2) is 43.6 Å². The maximum atomic E-state index is 13.0. The van der Waals surface area contributed by atoms with Gasteiger partial charge in [0, 0.05) is 37.4 Å². The van der Waals surface area contributed by atoms with E-state index < -0.39 is 0 Å². The van der Waals surface area contributed by atoms with Crippen LogP contribution in [0, 0.1) is 18.8 Å². The Morgan fingerprint density at radius 2 is 2.00 bits per heavy atom. The Kier molecular flexibility index (Phi) is 6.12. The summed E-state index contributed by atoms with van der Waals surface area (Å²) in [5.74, 6) is 2.43. The number of carbonyl (C=O) groups is 1. The highest BCUT2D eigenvalue weighted by Gasteiger charge is 2.44. The molecular formula is C29H33N7O. The lowest BCUT2D eigenvalue weighted by Crippen LogP contribution is -2.22. The molecule has 3 heterocycles. The minimum atomic E-state index is -0.0994. The largest absolute Gasteiger partial charge is 0.362 e. The summed E-state index contributed by atoms with van der Waals surface area (Å²) < 4.78 is 1.83. The van der Waals surface area contributed by atoms with Crippen LogP contribution in [0.15, 0.2) is 54.9 Å². The van der Waals surface area contributed by atoms with E-state index in [0.29, 0.717) is 17.0 Å². The number of rotatable bonds is 8. The molecule has 1 aliphatic carbocycles. The molecule has 1 aliphatic heterocycles. The Balaban J connectivity index is 1.10. The van der Waals surface area contributed by atoms with Crippen molar-refractivity contribution >= 4 is 28.6 Å². The van der Waals surface area contributed by atoms with Gasteiger partial charge >= 0.3 is 0 Å². The number of piperidine rings is 1. The van der Waals surface area contributed by atoms with Crippen LogP contribution in [0.2, 0.25) is 0 Å². The topological polar surface area (TPSA) is 88.0 Å². The van der Waals surface area contributed by atoms with Gasteiger partial charge in [-0.05, 0) is 80.0 Å². The van der Waals surface area contributed by atoms with E-state index in [2.05, 4.69) is 50.5 Å². The number of aryl methyl sites for hydroxylation is 2. The molecule has 6 rings (SSSR count). The molecule has 1 saturated heterocycles. The molecule has 2 unspecified atom stereocenters. The predicted octanol–water partition coefficient (Wildman–Crippen LogP) is 5.03. The fraction of sp³-hybridized carbons (Fsp3) is 0.379. The molecule has 1 amide bonds. The van der Waals surface area contributed by atoms with Crippen molar-refractivity contribution in [3.05, 3.63) is 77.1 Å². The van der Waals surface area contributed by atoms with Crippen molar-refractivity contribution in [2.24, 2.45) is 11.8 Å². The summed E-state index contributed by atoms with van der Waals surface area (Å²) in [6, 6.07) is 13.9. The lowest BCUT2D eigenvalue weighted by atomic mass is 10.0. The number of likely N-dealkylation sites (tertiary alicyclic amines) is 1. The average molecular weight is 496 g/mol. The number of benzene rings is 2. The van der Waals surface area contributed by atoms with Crippen LogP contribution >= 0.6 is 0 Å². The highest BCUT2D eigenvalue weighted by Crippen LogP contribution is 2.45. The number of nitrogens with zero attached hydrogens (tertiary/aromatic N) is 5. The molecule has 8 nitrogen and oxygen atoms in total. The summed E-state index contributed by atoms with van der Waals surface area (Å²) >= 11 is 0. The average Bonchev–Trinajstić information content (AvgIpc) is 3.30. The van der Waals surface area contributed by atoms with E-state index in [-0.39, 0.29) is 11.9 Å². The number of aromatic nitrogens is 4. The normalized spacial score (nSPS) is 19.5. The summed E-state index contributed by atoms with van der Waals surface area (Å²) in [5, 5.41) is 10.9. The molecule has 3 atom stereocenters. The van der Waals surface area contributed by atoms with Crippen molar-refractivity contribution in [1.82, 2.24) is 24.6 Å². The molecule has 0 radical (unpaired) electrons. The smallest absolute Gasteiger partial charge is 0.255 e. The maximum absolute atomic E-state index is 13.0. The van der Waals surface area contributed by atoms with Crippen molar-refractivity contribution < 1.29 is 4.79 Å². The maximum Gasteiger partial charge on any atom is 0.255 e. The Morgan fingerprint density at radius 1 is 1.16 bits per heavy atom. The van der Waals surface area contributed by atoms with Crippen LogP contribution in [0.3, 0.4) is 0 Å². The van der Waals surface area contributed by atoms with Crippen molar-refractivity contribution in [3.63, 3.8) is 0 Å². The fourth-order valence-corrected chi connectivity index (χ4v) is 5.35. The molecule has 2 aromatic carbocycles. The van der Waals surface area contributed by atoms with E-state index in [4.69, 9.17) is 0 Å². The highest BCUT2D eigenvalue weighted by atomic mass is 16.1. The first-order valence-corrected chi connectivity index (χ1v) is 13.1. The number of hydrogen-bond acceptors (Lipinski definition) is 6. The van der Waals surface area contributed by atoms with Crippen LogP contribution in [0.25, 0.3) is 11.2 Å². The monoisotopic (exact) mass is 495 g/mol. The lowest BCUT2D eigenvalue weighted by Gasteiger charge is -2.19. The molecule has 2 N–H and O–H groups in total. The number of nitrogens with one attached hydrogen (secondary N) is 2. The second kappa shape index (κ2) is 9.59. The molecular weight excluding hydrogens is 462 g/mol. The molecule has 1 saturated carbocycles. The molecule has 37 heavy (non-hydrogen) atoms. The van der Waals surface area contributed by atoms with Crippen molar-refractivity contribution in [3.8, 4) is 0 Å². The van der Waals surface area contributed by atoms with E-state index in [1.54, 1.807) is 6.20 Å². The summed E-state index contributed by atoms with van der Waals surface area (Å²) in [6.07, 6.45) is 5.04. The van der Waals surface area contributed by atoms with Gasteiger partial charge < -0.3 is 10.6 Å². The molecule has 2 fully saturated rings. The van der Waals surface area contributed by atoms with Crippen LogP contribution in [0.4, 0.5) is 11.5 Å². The minimum Gasteiger partial charge on any atom is -0.362 e. The number of anilines is 2. The van der Waals surface area contributed by atoms with Gasteiger partial charge in [0.15, 0.2) is 0 Å². The minimum absolute atomic E-state index is 0.0324. The van der Waals surface area contributed by atoms with Crippen molar-refractivity contribution in [2.45, 2.75) is 46.3 Å². The molecule has 8 heteroatoms. The van der Waals surface area contributed by atoms with Crippen LogP contribution in [0.1, 0.15) is 53.4 Å². The van der Waals surface area contributed by atoms with Crippen molar-refractivity contribution in [1.29, 1.82) is 0 Å². The summed E-state index contributed by atoms with van der Waals surface area (Å²) in [5.41, 5.74) is 6.35. The zero-order valence-electron chi connectivity index (χ0n) is 21.6. The van der Waals surface area contributed by atoms with Gasteiger partial charge in [-0.15, -0.1) is 0 Å². The Morgan fingerprint density at radius 3 is 2.78 bits per heavy atom. The summed E-state index contributed by atoms with van der Waals surface area (Å²) in [4.78, 5) is 24.6. The molecule has 2 aromatic heterocycles. The van der Waals surface area contributed by atoms with Gasteiger partial charge in [-0.2, -0.15) is 5.10 Å². The molecule has 4 aromatic rings. The Labute approximate surface area is 217 Å². The molecule has 0 bridgehead atoms. The van der Waals surface area contributed by atoms with Gasteiger partial charge in [-0.25, -0.2) is 9.97 Å². The number of fused-ring (bicyclic) bond motifs is 2.